The van der Waals surface area contributed by atoms with Gasteiger partial charge >= 0.3 is 5.69 Å². The van der Waals surface area contributed by atoms with Gasteiger partial charge in [-0.05, 0) is 35.9 Å². The Morgan fingerprint density at radius 2 is 1.80 bits per heavy atom. The largest absolute Gasteiger partial charge is 0.497 e. The topological polar surface area (TPSA) is 102 Å². The van der Waals surface area contributed by atoms with E-state index in [1.54, 1.807) is 55.6 Å². The van der Waals surface area contributed by atoms with Crippen molar-refractivity contribution in [3.8, 4) is 11.5 Å². The van der Waals surface area contributed by atoms with Crippen LogP contribution in [0.4, 0.5) is 0 Å². The van der Waals surface area contributed by atoms with Gasteiger partial charge in [0.25, 0.3) is 11.5 Å². The number of halogens is 1. The number of nitrogens with zero attached hydrogens (tertiary/aromatic N) is 1. The fourth-order valence-corrected chi connectivity index (χ4v) is 2.91. The number of hydrogen-bond donors (Lipinski definition) is 2. The number of ether oxygens (including phenoxy) is 2. The molecule has 2 N–H and O–H groups in total. The maximum atomic E-state index is 12.7. The fraction of sp³-hybridized carbons (Fsp3) is 0.190. The molecule has 0 radical (unpaired) electrons. The standard InChI is InChI=1S/C21H20ClN3O5/c1-29-15-6-8-16(9-7-15)30-11-10-23-19(26)17-12-24-21(28)25(20(17)27)13-14-4-2-3-5-18(14)22/h2-9,12H,10-11,13H2,1H3,(H,23,26)(H,24,28). The Labute approximate surface area is 177 Å². The number of aromatic amines is 1. The zero-order valence-corrected chi connectivity index (χ0v) is 16.9. The van der Waals surface area contributed by atoms with E-state index < -0.39 is 17.2 Å². The minimum absolute atomic E-state index is 0.0461. The van der Waals surface area contributed by atoms with Crippen LogP contribution in [0.25, 0.3) is 0 Å². The van der Waals surface area contributed by atoms with Crippen molar-refractivity contribution in [3.05, 3.63) is 91.7 Å². The highest BCUT2D eigenvalue weighted by atomic mass is 35.5. The van der Waals surface area contributed by atoms with E-state index in [9.17, 15) is 14.4 Å². The molecular weight excluding hydrogens is 410 g/mol. The predicted molar refractivity (Wildman–Crippen MR) is 113 cm³/mol. The molecule has 0 aliphatic heterocycles. The SMILES string of the molecule is COc1ccc(OCCNC(=O)c2c[nH]c(=O)n(Cc3ccccc3Cl)c2=O)cc1. The summed E-state index contributed by atoms with van der Waals surface area (Å²) in [5, 5.41) is 3.03. The quantitative estimate of drug-likeness (QED) is 0.533. The van der Waals surface area contributed by atoms with Crippen molar-refractivity contribution >= 4 is 17.5 Å². The van der Waals surface area contributed by atoms with Crippen LogP contribution < -0.4 is 26.0 Å². The van der Waals surface area contributed by atoms with Crippen LogP contribution in [0.15, 0.2) is 64.3 Å². The maximum Gasteiger partial charge on any atom is 0.328 e. The van der Waals surface area contributed by atoms with Crippen LogP contribution in [0.3, 0.4) is 0 Å². The van der Waals surface area contributed by atoms with E-state index in [0.717, 1.165) is 10.8 Å². The minimum Gasteiger partial charge on any atom is -0.497 e. The van der Waals surface area contributed by atoms with Crippen LogP contribution in [-0.4, -0.2) is 35.7 Å². The summed E-state index contributed by atoms with van der Waals surface area (Å²) in [5.74, 6) is 0.723. The number of H-pyrrole nitrogens is 1. The molecule has 0 aliphatic carbocycles. The third-order valence-electron chi connectivity index (χ3n) is 4.31. The smallest absolute Gasteiger partial charge is 0.328 e. The highest BCUT2D eigenvalue weighted by Crippen LogP contribution is 2.17. The molecule has 0 saturated heterocycles. The van der Waals surface area contributed by atoms with Gasteiger partial charge in [-0.2, -0.15) is 0 Å². The van der Waals surface area contributed by atoms with Crippen molar-refractivity contribution in [2.45, 2.75) is 6.54 Å². The van der Waals surface area contributed by atoms with Gasteiger partial charge in [0.15, 0.2) is 0 Å². The minimum atomic E-state index is -0.702. The van der Waals surface area contributed by atoms with E-state index >= 15 is 0 Å². The molecule has 0 saturated carbocycles. The lowest BCUT2D eigenvalue weighted by Crippen LogP contribution is -2.41. The molecule has 156 valence electrons. The summed E-state index contributed by atoms with van der Waals surface area (Å²) in [6.07, 6.45) is 1.10. The highest BCUT2D eigenvalue weighted by molar-refractivity contribution is 6.31. The van der Waals surface area contributed by atoms with Crippen molar-refractivity contribution in [1.29, 1.82) is 0 Å². The number of aromatic nitrogens is 2. The molecule has 0 spiro atoms. The average Bonchev–Trinajstić information content (AvgIpc) is 2.75. The Morgan fingerprint density at radius 1 is 1.10 bits per heavy atom. The molecule has 1 heterocycles. The molecule has 8 nitrogen and oxygen atoms in total. The Morgan fingerprint density at radius 3 is 2.50 bits per heavy atom. The molecular formula is C21H20ClN3O5. The lowest BCUT2D eigenvalue weighted by molar-refractivity contribution is 0.0944. The summed E-state index contributed by atoms with van der Waals surface area (Å²) in [6.45, 7) is 0.332. The van der Waals surface area contributed by atoms with E-state index in [0.29, 0.717) is 22.1 Å². The van der Waals surface area contributed by atoms with E-state index in [1.807, 2.05) is 0 Å². The number of carbonyl (C=O) groups excluding carboxylic acids is 1. The van der Waals surface area contributed by atoms with Gasteiger partial charge in [-0.1, -0.05) is 29.8 Å². The van der Waals surface area contributed by atoms with Crippen molar-refractivity contribution in [3.63, 3.8) is 0 Å². The van der Waals surface area contributed by atoms with Crippen LogP contribution in [0.1, 0.15) is 15.9 Å². The molecule has 0 atom stereocenters. The van der Waals surface area contributed by atoms with Crippen molar-refractivity contribution in [1.82, 2.24) is 14.9 Å². The first-order valence-electron chi connectivity index (χ1n) is 9.10. The second-order valence-corrected chi connectivity index (χ2v) is 6.68. The molecule has 2 aromatic carbocycles. The highest BCUT2D eigenvalue weighted by Gasteiger charge is 2.15. The zero-order chi connectivity index (χ0) is 21.5. The average molecular weight is 430 g/mol. The zero-order valence-electron chi connectivity index (χ0n) is 16.2. The summed E-state index contributed by atoms with van der Waals surface area (Å²) < 4.78 is 11.5. The second-order valence-electron chi connectivity index (χ2n) is 6.27. The first kappa shape index (κ1) is 21.2. The number of methoxy groups -OCH3 is 1. The van der Waals surface area contributed by atoms with Gasteiger partial charge in [0.1, 0.15) is 23.7 Å². The number of nitrogens with one attached hydrogen (secondary N) is 2. The lowest BCUT2D eigenvalue weighted by Gasteiger charge is -2.10. The first-order chi connectivity index (χ1) is 14.5. The Bertz CT molecular complexity index is 1140. The van der Waals surface area contributed by atoms with Crippen molar-refractivity contribution in [2.24, 2.45) is 0 Å². The molecule has 0 bridgehead atoms. The summed E-state index contributed by atoms with van der Waals surface area (Å²) in [4.78, 5) is 39.6. The molecule has 30 heavy (non-hydrogen) atoms. The van der Waals surface area contributed by atoms with Crippen molar-refractivity contribution in [2.75, 3.05) is 20.3 Å². The van der Waals surface area contributed by atoms with E-state index in [4.69, 9.17) is 21.1 Å². The molecule has 1 aromatic heterocycles. The first-order valence-corrected chi connectivity index (χ1v) is 9.48. The number of carbonyl (C=O) groups is 1. The number of rotatable bonds is 8. The van der Waals surface area contributed by atoms with Gasteiger partial charge in [0, 0.05) is 11.2 Å². The molecule has 3 rings (SSSR count). The summed E-state index contributed by atoms with van der Waals surface area (Å²) >= 11 is 6.11. The molecule has 0 aliphatic rings. The molecule has 9 heteroatoms. The van der Waals surface area contributed by atoms with Gasteiger partial charge in [-0.25, -0.2) is 4.79 Å². The van der Waals surface area contributed by atoms with Gasteiger partial charge in [-0.3, -0.25) is 14.2 Å². The van der Waals surface area contributed by atoms with Gasteiger partial charge in [-0.15, -0.1) is 0 Å². The normalized spacial score (nSPS) is 10.5. The molecule has 0 unspecified atom stereocenters. The van der Waals surface area contributed by atoms with Crippen LogP contribution in [0.2, 0.25) is 5.02 Å². The molecule has 3 aromatic rings. The maximum absolute atomic E-state index is 12.7. The lowest BCUT2D eigenvalue weighted by atomic mass is 10.2. The number of hydrogen-bond acceptors (Lipinski definition) is 5. The van der Waals surface area contributed by atoms with Crippen molar-refractivity contribution < 1.29 is 14.3 Å². The fourth-order valence-electron chi connectivity index (χ4n) is 2.72. The van der Waals surface area contributed by atoms with Gasteiger partial charge < -0.3 is 19.8 Å². The van der Waals surface area contributed by atoms with E-state index in [1.165, 1.54) is 0 Å². The molecule has 0 fully saturated rings. The van der Waals surface area contributed by atoms with E-state index in [2.05, 4.69) is 10.3 Å². The van der Waals surface area contributed by atoms with Crippen LogP contribution in [0, 0.1) is 0 Å². The third kappa shape index (κ3) is 5.09. The summed E-state index contributed by atoms with van der Waals surface area (Å²) in [6, 6.07) is 13.9. The van der Waals surface area contributed by atoms with Crippen LogP contribution >= 0.6 is 11.6 Å². The number of benzene rings is 2. The third-order valence-corrected chi connectivity index (χ3v) is 4.68. The predicted octanol–water partition coefficient (Wildman–Crippen LogP) is 2.06. The Hall–Kier alpha value is -3.52. The van der Waals surface area contributed by atoms with E-state index in [-0.39, 0.29) is 25.3 Å². The second kappa shape index (κ2) is 9.80. The van der Waals surface area contributed by atoms with Crippen LogP contribution in [-0.2, 0) is 6.54 Å². The Kier molecular flexibility index (Phi) is 6.92. The monoisotopic (exact) mass is 429 g/mol. The van der Waals surface area contributed by atoms with Gasteiger partial charge in [0.2, 0.25) is 0 Å². The number of amides is 1. The molecule has 1 amide bonds. The summed E-state index contributed by atoms with van der Waals surface area (Å²) in [5.41, 5.74) is -0.908. The Balaban J connectivity index is 1.63. The van der Waals surface area contributed by atoms with Gasteiger partial charge in [0.05, 0.1) is 20.2 Å². The van der Waals surface area contributed by atoms with Crippen LogP contribution in [0.5, 0.6) is 11.5 Å². The summed E-state index contributed by atoms with van der Waals surface area (Å²) in [7, 11) is 1.57.